The van der Waals surface area contributed by atoms with Crippen LogP contribution < -0.4 is 4.90 Å². The SMILES string of the molecule is CCC(C)CC(C)C1=C(C)CCC=CN1c1c(C)c[nH]c1C. The number of anilines is 1. The summed E-state index contributed by atoms with van der Waals surface area (Å²) in [4.78, 5) is 5.84. The van der Waals surface area contributed by atoms with Crippen LogP contribution in [0.3, 0.4) is 0 Å². The molecule has 2 rings (SSSR count). The van der Waals surface area contributed by atoms with E-state index in [-0.39, 0.29) is 0 Å². The lowest BCUT2D eigenvalue weighted by Crippen LogP contribution is -2.23. The van der Waals surface area contributed by atoms with Gasteiger partial charge in [-0.3, -0.25) is 0 Å². The van der Waals surface area contributed by atoms with Crippen LogP contribution >= 0.6 is 0 Å². The number of nitrogens with one attached hydrogen (secondary N) is 1. The van der Waals surface area contributed by atoms with Crippen molar-refractivity contribution in [2.24, 2.45) is 11.8 Å². The quantitative estimate of drug-likeness (QED) is 0.697. The Balaban J connectivity index is 2.42. The molecule has 1 aliphatic rings. The molecule has 2 atom stereocenters. The Bertz CT molecular complexity index is 543. The molecule has 0 fully saturated rings. The lowest BCUT2D eigenvalue weighted by atomic mass is 9.89. The van der Waals surface area contributed by atoms with Crippen molar-refractivity contribution in [3.63, 3.8) is 0 Å². The van der Waals surface area contributed by atoms with E-state index in [0.717, 1.165) is 12.3 Å². The molecular weight excluding hydrogens is 268 g/mol. The Morgan fingerprint density at radius 1 is 1.23 bits per heavy atom. The second-order valence-corrected chi connectivity index (χ2v) is 7.05. The molecule has 0 amide bonds. The number of rotatable bonds is 5. The number of allylic oxidation sites excluding steroid dienone is 3. The summed E-state index contributed by atoms with van der Waals surface area (Å²) in [6.45, 7) is 13.8. The molecule has 2 heteroatoms. The molecule has 0 spiro atoms. The summed E-state index contributed by atoms with van der Waals surface area (Å²) < 4.78 is 0. The molecule has 122 valence electrons. The van der Waals surface area contributed by atoms with Crippen molar-refractivity contribution in [2.75, 3.05) is 4.90 Å². The minimum atomic E-state index is 0.589. The Morgan fingerprint density at radius 3 is 2.55 bits per heavy atom. The third-order valence-corrected chi connectivity index (χ3v) is 5.03. The molecule has 1 aliphatic heterocycles. The lowest BCUT2D eigenvalue weighted by molar-refractivity contribution is 0.436. The zero-order valence-electron chi connectivity index (χ0n) is 15.2. The maximum atomic E-state index is 3.38. The van der Waals surface area contributed by atoms with Crippen molar-refractivity contribution in [3.05, 3.63) is 41.0 Å². The van der Waals surface area contributed by atoms with Crippen molar-refractivity contribution >= 4 is 5.69 Å². The predicted octanol–water partition coefficient (Wildman–Crippen LogP) is 6.09. The molecule has 0 bridgehead atoms. The van der Waals surface area contributed by atoms with Crippen LogP contribution in [-0.4, -0.2) is 4.98 Å². The van der Waals surface area contributed by atoms with Gasteiger partial charge in [-0.2, -0.15) is 0 Å². The highest BCUT2D eigenvalue weighted by molar-refractivity contribution is 5.64. The Labute approximate surface area is 136 Å². The van der Waals surface area contributed by atoms with E-state index in [9.17, 15) is 0 Å². The van der Waals surface area contributed by atoms with Crippen LogP contribution in [0.25, 0.3) is 0 Å². The molecule has 2 heterocycles. The minimum Gasteiger partial charge on any atom is -0.363 e. The van der Waals surface area contributed by atoms with E-state index in [1.807, 2.05) is 0 Å². The van der Waals surface area contributed by atoms with Crippen LogP contribution in [0, 0.1) is 25.7 Å². The topological polar surface area (TPSA) is 19.0 Å². The largest absolute Gasteiger partial charge is 0.363 e. The van der Waals surface area contributed by atoms with Gasteiger partial charge in [-0.05, 0) is 57.4 Å². The molecule has 0 aliphatic carbocycles. The number of hydrogen-bond donors (Lipinski definition) is 1. The van der Waals surface area contributed by atoms with Gasteiger partial charge in [0.15, 0.2) is 0 Å². The molecule has 2 unspecified atom stereocenters. The van der Waals surface area contributed by atoms with Crippen molar-refractivity contribution in [1.82, 2.24) is 4.98 Å². The van der Waals surface area contributed by atoms with Gasteiger partial charge in [-0.15, -0.1) is 0 Å². The number of aromatic amines is 1. The van der Waals surface area contributed by atoms with E-state index < -0.39 is 0 Å². The summed E-state index contributed by atoms with van der Waals surface area (Å²) >= 11 is 0. The number of hydrogen-bond acceptors (Lipinski definition) is 1. The lowest BCUT2D eigenvalue weighted by Gasteiger charge is -2.31. The fourth-order valence-corrected chi connectivity index (χ4v) is 3.65. The summed E-state index contributed by atoms with van der Waals surface area (Å²) in [6, 6.07) is 0. The van der Waals surface area contributed by atoms with E-state index >= 15 is 0 Å². The molecular formula is C20H32N2. The van der Waals surface area contributed by atoms with Gasteiger partial charge in [-0.1, -0.05) is 38.8 Å². The number of H-pyrrole nitrogens is 1. The normalized spacial score (nSPS) is 18.5. The van der Waals surface area contributed by atoms with Crippen molar-refractivity contribution in [3.8, 4) is 0 Å². The summed E-state index contributed by atoms with van der Waals surface area (Å²) in [5.74, 6) is 1.37. The van der Waals surface area contributed by atoms with Crippen LogP contribution in [0.1, 0.15) is 64.6 Å². The van der Waals surface area contributed by atoms with Gasteiger partial charge in [0.25, 0.3) is 0 Å². The smallest absolute Gasteiger partial charge is 0.0686 e. The van der Waals surface area contributed by atoms with Crippen molar-refractivity contribution in [2.45, 2.75) is 67.2 Å². The number of aryl methyl sites for hydroxylation is 2. The fourth-order valence-electron chi connectivity index (χ4n) is 3.65. The zero-order chi connectivity index (χ0) is 16.3. The van der Waals surface area contributed by atoms with Gasteiger partial charge >= 0.3 is 0 Å². The molecule has 0 saturated carbocycles. The minimum absolute atomic E-state index is 0.589. The van der Waals surface area contributed by atoms with Crippen LogP contribution in [0.15, 0.2) is 29.7 Å². The second kappa shape index (κ2) is 7.21. The first-order valence-electron chi connectivity index (χ1n) is 8.75. The van der Waals surface area contributed by atoms with Gasteiger partial charge in [0.2, 0.25) is 0 Å². The maximum absolute atomic E-state index is 3.38. The summed E-state index contributed by atoms with van der Waals surface area (Å²) in [6.07, 6.45) is 11.6. The maximum Gasteiger partial charge on any atom is 0.0686 e. The van der Waals surface area contributed by atoms with Gasteiger partial charge < -0.3 is 9.88 Å². The monoisotopic (exact) mass is 300 g/mol. The Hall–Kier alpha value is -1.44. The third kappa shape index (κ3) is 3.48. The molecule has 1 aromatic heterocycles. The van der Waals surface area contributed by atoms with Crippen LogP contribution in [-0.2, 0) is 0 Å². The van der Waals surface area contributed by atoms with Crippen LogP contribution in [0.4, 0.5) is 5.69 Å². The first-order valence-corrected chi connectivity index (χ1v) is 8.75. The first-order chi connectivity index (χ1) is 10.5. The van der Waals surface area contributed by atoms with Crippen LogP contribution in [0.5, 0.6) is 0 Å². The van der Waals surface area contributed by atoms with E-state index in [0.29, 0.717) is 5.92 Å². The molecule has 22 heavy (non-hydrogen) atoms. The predicted molar refractivity (Wildman–Crippen MR) is 97.1 cm³/mol. The first kappa shape index (κ1) is 16.9. The Morgan fingerprint density at radius 2 is 1.95 bits per heavy atom. The van der Waals surface area contributed by atoms with Gasteiger partial charge in [0, 0.05) is 23.8 Å². The fraction of sp³-hybridized carbons (Fsp3) is 0.600. The molecule has 0 aromatic carbocycles. The van der Waals surface area contributed by atoms with Gasteiger partial charge in [-0.25, -0.2) is 0 Å². The van der Waals surface area contributed by atoms with Crippen molar-refractivity contribution < 1.29 is 0 Å². The second-order valence-electron chi connectivity index (χ2n) is 7.05. The molecule has 0 saturated heterocycles. The molecule has 1 aromatic rings. The van der Waals surface area contributed by atoms with Crippen molar-refractivity contribution in [1.29, 1.82) is 0 Å². The number of aromatic nitrogens is 1. The summed E-state index contributed by atoms with van der Waals surface area (Å²) in [5.41, 5.74) is 6.97. The van der Waals surface area contributed by atoms with E-state index in [1.54, 1.807) is 5.57 Å². The van der Waals surface area contributed by atoms with E-state index in [4.69, 9.17) is 0 Å². The van der Waals surface area contributed by atoms with E-state index in [2.05, 4.69) is 69.9 Å². The standard InChI is InChI=1S/C20H32N2/c1-7-14(2)12-16(4)19-15(3)10-8-9-11-22(19)20-17(5)13-21-18(20)6/h9,11,13-14,16,21H,7-8,10,12H2,1-6H3. The third-order valence-electron chi connectivity index (χ3n) is 5.03. The highest BCUT2D eigenvalue weighted by Gasteiger charge is 2.24. The average molecular weight is 300 g/mol. The average Bonchev–Trinajstić information content (AvgIpc) is 2.69. The molecule has 2 nitrogen and oxygen atoms in total. The van der Waals surface area contributed by atoms with Gasteiger partial charge in [0.1, 0.15) is 0 Å². The Kier molecular flexibility index (Phi) is 5.55. The zero-order valence-corrected chi connectivity index (χ0v) is 15.2. The van der Waals surface area contributed by atoms with Crippen LogP contribution in [0.2, 0.25) is 0 Å². The highest BCUT2D eigenvalue weighted by atomic mass is 15.1. The summed E-state index contributed by atoms with van der Waals surface area (Å²) in [5, 5.41) is 0. The van der Waals surface area contributed by atoms with Gasteiger partial charge in [0.05, 0.1) is 5.69 Å². The number of nitrogens with zero attached hydrogens (tertiary/aromatic N) is 1. The molecule has 1 N–H and O–H groups in total. The highest BCUT2D eigenvalue weighted by Crippen LogP contribution is 2.37. The molecule has 0 radical (unpaired) electrons. The van der Waals surface area contributed by atoms with E-state index in [1.165, 1.54) is 41.9 Å². The summed E-state index contributed by atoms with van der Waals surface area (Å²) in [7, 11) is 0.